The topological polar surface area (TPSA) is 102 Å². The van der Waals surface area contributed by atoms with E-state index >= 15 is 0 Å². The van der Waals surface area contributed by atoms with Gasteiger partial charge in [0.25, 0.3) is 5.91 Å². The summed E-state index contributed by atoms with van der Waals surface area (Å²) in [6.07, 6.45) is 0.0319. The molecule has 1 aromatic heterocycles. The zero-order chi connectivity index (χ0) is 22.7. The van der Waals surface area contributed by atoms with Crippen molar-refractivity contribution in [2.75, 3.05) is 30.5 Å². The predicted octanol–water partition coefficient (Wildman–Crippen LogP) is 2.99. The van der Waals surface area contributed by atoms with Gasteiger partial charge in [0, 0.05) is 23.5 Å². The van der Waals surface area contributed by atoms with E-state index in [0.29, 0.717) is 10.6 Å². The molecule has 0 aliphatic carbocycles. The minimum atomic E-state index is -0.640. The number of carbonyl (C=O) groups is 4. The van der Waals surface area contributed by atoms with Crippen LogP contribution in [-0.2, 0) is 23.9 Å². The van der Waals surface area contributed by atoms with Gasteiger partial charge in [0.1, 0.15) is 5.00 Å². The van der Waals surface area contributed by atoms with Crippen molar-refractivity contribution < 1.29 is 28.7 Å². The number of esters is 2. The summed E-state index contributed by atoms with van der Waals surface area (Å²) in [5.41, 5.74) is 2.82. The molecular weight excluding hydrogens is 420 g/mol. The molecule has 1 aromatic carbocycles. The lowest BCUT2D eigenvalue weighted by Gasteiger charge is -2.16. The lowest BCUT2D eigenvalue weighted by atomic mass is 10.1. The molecule has 2 amide bonds. The molecule has 0 spiro atoms. The number of benzene rings is 1. The Hall–Kier alpha value is -3.20. The number of methoxy groups -OCH3 is 1. The quantitative estimate of drug-likeness (QED) is 0.688. The zero-order valence-electron chi connectivity index (χ0n) is 17.8. The number of carbonyl (C=O) groups excluding carboxylic acids is 4. The maximum Gasteiger partial charge on any atom is 0.341 e. The third-order valence-corrected chi connectivity index (χ3v) is 6.30. The van der Waals surface area contributed by atoms with E-state index in [4.69, 9.17) is 9.47 Å². The van der Waals surface area contributed by atoms with Gasteiger partial charge >= 0.3 is 11.9 Å². The summed E-state index contributed by atoms with van der Waals surface area (Å²) < 4.78 is 9.91. The maximum atomic E-state index is 12.4. The van der Waals surface area contributed by atoms with Crippen molar-refractivity contribution in [1.82, 2.24) is 0 Å². The van der Waals surface area contributed by atoms with E-state index in [1.54, 1.807) is 11.8 Å². The van der Waals surface area contributed by atoms with E-state index in [0.717, 1.165) is 21.7 Å². The third kappa shape index (κ3) is 4.93. The van der Waals surface area contributed by atoms with Gasteiger partial charge < -0.3 is 19.7 Å². The molecule has 1 fully saturated rings. The first-order valence-corrected chi connectivity index (χ1v) is 10.5. The average Bonchev–Trinajstić information content (AvgIpc) is 3.26. The van der Waals surface area contributed by atoms with Crippen molar-refractivity contribution >= 4 is 45.8 Å². The number of ether oxygens (including phenoxy) is 2. The van der Waals surface area contributed by atoms with Crippen molar-refractivity contribution in [3.63, 3.8) is 0 Å². The van der Waals surface area contributed by atoms with E-state index in [1.165, 1.54) is 18.4 Å². The molecule has 1 aliphatic heterocycles. The summed E-state index contributed by atoms with van der Waals surface area (Å²) in [5.74, 6) is -2.53. The summed E-state index contributed by atoms with van der Waals surface area (Å²) in [5, 5.41) is 2.96. The Morgan fingerprint density at radius 1 is 1.16 bits per heavy atom. The van der Waals surface area contributed by atoms with Gasteiger partial charge in [-0.3, -0.25) is 14.4 Å². The van der Waals surface area contributed by atoms with E-state index in [9.17, 15) is 19.2 Å². The average molecular weight is 445 g/mol. The number of aryl methyl sites for hydroxylation is 2. The summed E-state index contributed by atoms with van der Waals surface area (Å²) in [7, 11) is 1.27. The van der Waals surface area contributed by atoms with Gasteiger partial charge in [0.05, 0.1) is 18.6 Å². The van der Waals surface area contributed by atoms with Crippen molar-refractivity contribution in [3.8, 4) is 0 Å². The van der Waals surface area contributed by atoms with Crippen LogP contribution >= 0.6 is 11.3 Å². The Bertz CT molecular complexity index is 1030. The number of nitrogens with one attached hydrogen (secondary N) is 1. The molecule has 9 heteroatoms. The van der Waals surface area contributed by atoms with Crippen molar-refractivity contribution in [2.24, 2.45) is 5.92 Å². The second kappa shape index (κ2) is 9.30. The first-order chi connectivity index (χ1) is 14.7. The van der Waals surface area contributed by atoms with Gasteiger partial charge in [-0.15, -0.1) is 11.3 Å². The Balaban J connectivity index is 1.57. The molecule has 0 unspecified atom stereocenters. The van der Waals surface area contributed by atoms with Gasteiger partial charge in [-0.1, -0.05) is 17.7 Å². The molecule has 2 heterocycles. The number of anilines is 2. The monoisotopic (exact) mass is 444 g/mol. The molecule has 1 aliphatic rings. The molecule has 0 saturated carbocycles. The first kappa shape index (κ1) is 22.5. The Kier molecular flexibility index (Phi) is 6.74. The molecule has 1 atom stereocenters. The number of nitrogens with zero attached hydrogens (tertiary/aromatic N) is 1. The molecule has 0 radical (unpaired) electrons. The van der Waals surface area contributed by atoms with Crippen molar-refractivity contribution in [2.45, 2.75) is 27.2 Å². The van der Waals surface area contributed by atoms with Gasteiger partial charge in [-0.2, -0.15) is 0 Å². The summed E-state index contributed by atoms with van der Waals surface area (Å²) in [4.78, 5) is 51.4. The molecule has 2 aromatic rings. The lowest BCUT2D eigenvalue weighted by Crippen LogP contribution is -2.28. The van der Waals surface area contributed by atoms with Crippen molar-refractivity contribution in [1.29, 1.82) is 0 Å². The largest absolute Gasteiger partial charge is 0.465 e. The standard InChI is InChI=1S/C22H24N2O6S/c1-12-5-7-16(8-6-12)24-10-15(9-18(24)26)21(27)30-11-17(25)23-20-19(22(28)29-4)13(2)14(3)31-20/h5-8,15H,9-11H2,1-4H3,(H,23,25)/t15-/m1/s1. The highest BCUT2D eigenvalue weighted by atomic mass is 32.1. The first-order valence-electron chi connectivity index (χ1n) is 9.73. The molecule has 3 rings (SSSR count). The minimum absolute atomic E-state index is 0.0319. The SMILES string of the molecule is COC(=O)c1c(NC(=O)COC(=O)[C@@H]2CC(=O)N(c3ccc(C)cc3)C2)sc(C)c1C. The van der Waals surface area contributed by atoms with Crippen LogP contribution in [0.5, 0.6) is 0 Å². The highest BCUT2D eigenvalue weighted by Crippen LogP contribution is 2.33. The minimum Gasteiger partial charge on any atom is -0.465 e. The van der Waals surface area contributed by atoms with Crippen LogP contribution in [0.25, 0.3) is 0 Å². The molecule has 31 heavy (non-hydrogen) atoms. The normalized spacial score (nSPS) is 15.7. The third-order valence-electron chi connectivity index (χ3n) is 5.18. The smallest absolute Gasteiger partial charge is 0.341 e. The molecule has 164 valence electrons. The number of hydrogen-bond donors (Lipinski definition) is 1. The Morgan fingerprint density at radius 2 is 1.84 bits per heavy atom. The van der Waals surface area contributed by atoms with Crippen LogP contribution < -0.4 is 10.2 Å². The van der Waals surface area contributed by atoms with Crippen LogP contribution in [0, 0.1) is 26.7 Å². The Labute approximate surface area is 184 Å². The highest BCUT2D eigenvalue weighted by Gasteiger charge is 2.36. The van der Waals surface area contributed by atoms with Gasteiger partial charge in [0.15, 0.2) is 6.61 Å². The fourth-order valence-electron chi connectivity index (χ4n) is 3.32. The van der Waals surface area contributed by atoms with E-state index < -0.39 is 30.4 Å². The molecule has 0 bridgehead atoms. The fourth-order valence-corrected chi connectivity index (χ4v) is 4.38. The number of amides is 2. The van der Waals surface area contributed by atoms with Gasteiger partial charge in [-0.05, 0) is 38.5 Å². The van der Waals surface area contributed by atoms with Gasteiger partial charge in [0.2, 0.25) is 5.91 Å². The summed E-state index contributed by atoms with van der Waals surface area (Å²) in [6, 6.07) is 7.46. The lowest BCUT2D eigenvalue weighted by molar-refractivity contribution is -0.151. The van der Waals surface area contributed by atoms with Crippen LogP contribution in [0.1, 0.15) is 32.8 Å². The zero-order valence-corrected chi connectivity index (χ0v) is 18.6. The molecule has 1 saturated heterocycles. The van der Waals surface area contributed by atoms with Gasteiger partial charge in [-0.25, -0.2) is 4.79 Å². The van der Waals surface area contributed by atoms with Crippen LogP contribution in [0.15, 0.2) is 24.3 Å². The number of thiophene rings is 1. The predicted molar refractivity (Wildman–Crippen MR) is 116 cm³/mol. The number of hydrogen-bond acceptors (Lipinski definition) is 7. The highest BCUT2D eigenvalue weighted by molar-refractivity contribution is 7.16. The molecule has 8 nitrogen and oxygen atoms in total. The number of rotatable bonds is 6. The second-order valence-corrected chi connectivity index (χ2v) is 8.60. The van der Waals surface area contributed by atoms with Crippen LogP contribution in [-0.4, -0.2) is 44.0 Å². The van der Waals surface area contributed by atoms with Crippen molar-refractivity contribution in [3.05, 3.63) is 45.8 Å². The molecular formula is C22H24N2O6S. The fraction of sp³-hybridized carbons (Fsp3) is 0.364. The van der Waals surface area contributed by atoms with E-state index in [-0.39, 0.29) is 18.9 Å². The maximum absolute atomic E-state index is 12.4. The molecule has 1 N–H and O–H groups in total. The van der Waals surface area contributed by atoms with E-state index in [2.05, 4.69) is 5.32 Å². The summed E-state index contributed by atoms with van der Waals surface area (Å²) >= 11 is 1.25. The Morgan fingerprint density at radius 3 is 2.48 bits per heavy atom. The van der Waals surface area contributed by atoms with Crippen LogP contribution in [0.4, 0.5) is 10.7 Å². The van der Waals surface area contributed by atoms with Crippen LogP contribution in [0.2, 0.25) is 0 Å². The summed E-state index contributed by atoms with van der Waals surface area (Å²) in [6.45, 7) is 5.25. The second-order valence-electron chi connectivity index (χ2n) is 7.38. The van der Waals surface area contributed by atoms with E-state index in [1.807, 2.05) is 38.1 Å². The van der Waals surface area contributed by atoms with Crippen LogP contribution in [0.3, 0.4) is 0 Å².